The van der Waals surface area contributed by atoms with Crippen LogP contribution in [0, 0.1) is 0 Å². The molecule has 2 fully saturated rings. The molecule has 244 valence electrons. The summed E-state index contributed by atoms with van der Waals surface area (Å²) >= 11 is 1.10. The van der Waals surface area contributed by atoms with Crippen molar-refractivity contribution < 1.29 is 34.4 Å². The van der Waals surface area contributed by atoms with E-state index in [0.717, 1.165) is 63.1 Å². The average molecular weight is 616 g/mol. The van der Waals surface area contributed by atoms with Gasteiger partial charge < -0.3 is 30.7 Å². The van der Waals surface area contributed by atoms with Gasteiger partial charge in [0, 0.05) is 18.7 Å². The predicted molar refractivity (Wildman–Crippen MR) is 166 cm³/mol. The fourth-order valence-corrected chi connectivity index (χ4v) is 6.99. The summed E-state index contributed by atoms with van der Waals surface area (Å²) in [4.78, 5) is 39.5. The number of ether oxygens (including phenoxy) is 1. The number of aliphatic hydroxyl groups is 3. The van der Waals surface area contributed by atoms with Crippen LogP contribution in [0.15, 0.2) is 0 Å². The molecule has 10 nitrogen and oxygen atoms in total. The summed E-state index contributed by atoms with van der Waals surface area (Å²) < 4.78 is 5.06. The topological polar surface area (TPSA) is 148 Å². The standard InChI is InChI=1S/C31H57N3O7S/c1-3-5-7-9-11-12-13-14-16-18-20-32-29(39)23(33-25(35)19-17-15-10-8-6-4-2)22-42-30-28(38)27(37)26(36)24-21-41-31(40)34(24)30/h23-24,26-28,30,36-38H,3-22H2,1-2H3,(H,32,39)(H,33,35)/t23-,24?,26+,27?,28?,30+/m0/s1. The maximum Gasteiger partial charge on any atom is 0.411 e. The molecule has 11 heteroatoms. The van der Waals surface area contributed by atoms with Crippen molar-refractivity contribution in [2.75, 3.05) is 18.9 Å². The van der Waals surface area contributed by atoms with Gasteiger partial charge in [-0.25, -0.2) is 4.79 Å². The summed E-state index contributed by atoms with van der Waals surface area (Å²) in [7, 11) is 0. The van der Waals surface area contributed by atoms with Gasteiger partial charge in [-0.3, -0.25) is 14.5 Å². The van der Waals surface area contributed by atoms with Gasteiger partial charge in [0.25, 0.3) is 0 Å². The molecule has 0 aliphatic carbocycles. The van der Waals surface area contributed by atoms with Crippen LogP contribution in [0.4, 0.5) is 4.79 Å². The van der Waals surface area contributed by atoms with E-state index in [1.54, 1.807) is 0 Å². The maximum absolute atomic E-state index is 13.2. The number of carbonyl (C=O) groups excluding carboxylic acids is 3. The van der Waals surface area contributed by atoms with E-state index in [4.69, 9.17) is 4.74 Å². The lowest BCUT2D eigenvalue weighted by molar-refractivity contribution is -0.128. The van der Waals surface area contributed by atoms with E-state index in [9.17, 15) is 29.7 Å². The Morgan fingerprint density at radius 3 is 1.98 bits per heavy atom. The molecule has 0 aromatic carbocycles. The Hall–Kier alpha value is -1.56. The van der Waals surface area contributed by atoms with E-state index in [-0.39, 0.29) is 24.2 Å². The Kier molecular flexibility index (Phi) is 18.5. The van der Waals surface area contributed by atoms with Crippen LogP contribution in [-0.4, -0.2) is 92.8 Å². The molecule has 2 rings (SSSR count). The molecule has 2 saturated heterocycles. The van der Waals surface area contributed by atoms with Crippen LogP contribution in [-0.2, 0) is 14.3 Å². The van der Waals surface area contributed by atoms with Gasteiger partial charge in [-0.15, -0.1) is 11.8 Å². The number of fused-ring (bicyclic) bond motifs is 1. The number of hydrogen-bond donors (Lipinski definition) is 5. The van der Waals surface area contributed by atoms with Crippen molar-refractivity contribution in [1.29, 1.82) is 0 Å². The van der Waals surface area contributed by atoms with Crippen molar-refractivity contribution >= 4 is 29.7 Å². The molecule has 2 aliphatic heterocycles. The van der Waals surface area contributed by atoms with E-state index in [1.165, 1.54) is 56.3 Å². The zero-order valence-electron chi connectivity index (χ0n) is 25.9. The Balaban J connectivity index is 1.85. The monoisotopic (exact) mass is 615 g/mol. The molecule has 0 spiro atoms. The largest absolute Gasteiger partial charge is 0.447 e. The van der Waals surface area contributed by atoms with Gasteiger partial charge in [0.05, 0.1) is 6.04 Å². The molecular weight excluding hydrogens is 558 g/mol. The second-order valence-electron chi connectivity index (χ2n) is 11.9. The number of hydrogen-bond acceptors (Lipinski definition) is 8. The Labute approximate surface area is 257 Å². The first-order valence-corrected chi connectivity index (χ1v) is 17.5. The number of carbonyl (C=O) groups is 3. The minimum absolute atomic E-state index is 0.0847. The van der Waals surface area contributed by atoms with Crippen LogP contribution in [0.5, 0.6) is 0 Å². The second kappa shape index (κ2) is 21.2. The molecule has 3 amide bonds. The predicted octanol–water partition coefficient (Wildman–Crippen LogP) is 4.24. The molecule has 42 heavy (non-hydrogen) atoms. The maximum atomic E-state index is 13.2. The first-order valence-electron chi connectivity index (χ1n) is 16.5. The van der Waals surface area contributed by atoms with Crippen LogP contribution < -0.4 is 10.6 Å². The summed E-state index contributed by atoms with van der Waals surface area (Å²) in [6.45, 7) is 4.82. The normalized spacial score (nSPS) is 24.3. The number of piperidine rings is 1. The van der Waals surface area contributed by atoms with Crippen molar-refractivity contribution in [2.24, 2.45) is 0 Å². The third-order valence-electron chi connectivity index (χ3n) is 8.28. The fourth-order valence-electron chi connectivity index (χ4n) is 5.60. The van der Waals surface area contributed by atoms with Gasteiger partial charge in [0.15, 0.2) is 0 Å². The minimum Gasteiger partial charge on any atom is -0.447 e. The van der Waals surface area contributed by atoms with Crippen molar-refractivity contribution in [1.82, 2.24) is 15.5 Å². The first kappa shape index (κ1) is 36.6. The fraction of sp³-hybridized carbons (Fsp3) is 0.903. The Morgan fingerprint density at radius 1 is 0.833 bits per heavy atom. The molecule has 0 radical (unpaired) electrons. The van der Waals surface area contributed by atoms with Gasteiger partial charge in [-0.2, -0.15) is 0 Å². The average Bonchev–Trinajstić information content (AvgIpc) is 3.36. The van der Waals surface area contributed by atoms with Crippen LogP contribution >= 0.6 is 11.8 Å². The molecule has 0 aromatic rings. The van der Waals surface area contributed by atoms with E-state index in [0.29, 0.717) is 13.0 Å². The van der Waals surface area contributed by atoms with E-state index in [1.807, 2.05) is 0 Å². The van der Waals surface area contributed by atoms with Crippen LogP contribution in [0.25, 0.3) is 0 Å². The highest BCUT2D eigenvalue weighted by atomic mass is 32.2. The Bertz CT molecular complexity index is 790. The lowest BCUT2D eigenvalue weighted by Crippen LogP contribution is -2.64. The quantitative estimate of drug-likeness (QED) is 0.107. The summed E-state index contributed by atoms with van der Waals surface area (Å²) in [5.74, 6) is -0.419. The van der Waals surface area contributed by atoms with Crippen LogP contribution in [0.2, 0.25) is 0 Å². The highest BCUT2D eigenvalue weighted by molar-refractivity contribution is 8.00. The lowest BCUT2D eigenvalue weighted by atomic mass is 9.95. The molecule has 0 aromatic heterocycles. The summed E-state index contributed by atoms with van der Waals surface area (Å²) in [5, 5.41) is 36.2. The third kappa shape index (κ3) is 12.6. The first-order chi connectivity index (χ1) is 20.3. The minimum atomic E-state index is -1.45. The molecule has 6 atom stereocenters. The number of amides is 3. The van der Waals surface area contributed by atoms with E-state index >= 15 is 0 Å². The second-order valence-corrected chi connectivity index (χ2v) is 13.0. The van der Waals surface area contributed by atoms with Crippen molar-refractivity contribution in [3.05, 3.63) is 0 Å². The number of nitrogens with one attached hydrogen (secondary N) is 2. The Morgan fingerprint density at radius 2 is 1.38 bits per heavy atom. The van der Waals surface area contributed by atoms with E-state index < -0.39 is 41.9 Å². The SMILES string of the molecule is CCCCCCCCCCCCNC(=O)[C@H](CS[C@@H]1C(O)C(O)[C@H](O)C2COC(=O)N21)NC(=O)CCCCCCCC. The highest BCUT2D eigenvalue weighted by Gasteiger charge is 2.54. The molecular formula is C31H57N3O7S. The number of unbranched alkanes of at least 4 members (excludes halogenated alkanes) is 14. The lowest BCUT2D eigenvalue weighted by Gasteiger charge is -2.44. The molecule has 5 N–H and O–H groups in total. The van der Waals surface area contributed by atoms with Crippen molar-refractivity contribution in [3.8, 4) is 0 Å². The highest BCUT2D eigenvalue weighted by Crippen LogP contribution is 2.35. The zero-order chi connectivity index (χ0) is 30.7. The van der Waals surface area contributed by atoms with Gasteiger partial charge in [0.1, 0.15) is 36.3 Å². The number of nitrogens with zero attached hydrogens (tertiary/aromatic N) is 1. The number of rotatable bonds is 23. The van der Waals surface area contributed by atoms with E-state index in [2.05, 4.69) is 24.5 Å². The number of cyclic esters (lactones) is 1. The van der Waals surface area contributed by atoms with Crippen LogP contribution in [0.3, 0.4) is 0 Å². The molecule has 2 aliphatic rings. The molecule has 0 bridgehead atoms. The smallest absolute Gasteiger partial charge is 0.411 e. The molecule has 0 saturated carbocycles. The number of thioether (sulfide) groups is 1. The summed E-state index contributed by atoms with van der Waals surface area (Å²) in [5.41, 5.74) is 0. The van der Waals surface area contributed by atoms with Crippen LogP contribution in [0.1, 0.15) is 123 Å². The van der Waals surface area contributed by atoms with Crippen molar-refractivity contribution in [3.63, 3.8) is 0 Å². The zero-order valence-corrected chi connectivity index (χ0v) is 26.8. The van der Waals surface area contributed by atoms with Gasteiger partial charge in [-0.1, -0.05) is 104 Å². The third-order valence-corrected chi connectivity index (χ3v) is 9.65. The summed E-state index contributed by atoms with van der Waals surface area (Å²) in [6.07, 6.45) is 13.7. The summed E-state index contributed by atoms with van der Waals surface area (Å²) in [6, 6.07) is -1.64. The van der Waals surface area contributed by atoms with Crippen molar-refractivity contribution in [2.45, 2.75) is 159 Å². The molecule has 2 heterocycles. The number of aliphatic hydroxyl groups excluding tert-OH is 3. The molecule has 3 unspecified atom stereocenters. The van der Waals surface area contributed by atoms with Gasteiger partial charge in [-0.05, 0) is 12.8 Å². The van der Waals surface area contributed by atoms with Gasteiger partial charge >= 0.3 is 6.09 Å². The van der Waals surface area contributed by atoms with Gasteiger partial charge in [0.2, 0.25) is 11.8 Å².